The minimum absolute atomic E-state index is 0.195. The maximum Gasteiger partial charge on any atom is 0.257 e. The average molecular weight is 354 g/mol. The van der Waals surface area contributed by atoms with E-state index in [4.69, 9.17) is 0 Å². The van der Waals surface area contributed by atoms with Crippen molar-refractivity contribution in [2.75, 3.05) is 17.2 Å². The summed E-state index contributed by atoms with van der Waals surface area (Å²) in [6.45, 7) is 4.04. The van der Waals surface area contributed by atoms with Crippen LogP contribution in [0.5, 0.6) is 0 Å². The topological polar surface area (TPSA) is 100 Å². The number of nitrogens with zero attached hydrogens (tertiary/aromatic N) is 1. The van der Waals surface area contributed by atoms with Gasteiger partial charge in [0.2, 0.25) is 5.91 Å². The zero-order chi connectivity index (χ0) is 18.9. The summed E-state index contributed by atoms with van der Waals surface area (Å²) in [5.74, 6) is -0.839. The van der Waals surface area contributed by atoms with E-state index in [0.29, 0.717) is 23.5 Å². The fourth-order valence-electron chi connectivity index (χ4n) is 2.25. The molecule has 1 heterocycles. The number of anilines is 2. The Morgan fingerprint density at radius 1 is 0.962 bits per heavy atom. The van der Waals surface area contributed by atoms with E-state index in [1.807, 2.05) is 6.92 Å². The number of unbranched alkanes of at least 4 members (excludes halogenated alkanes) is 1. The smallest absolute Gasteiger partial charge is 0.257 e. The molecule has 0 saturated heterocycles. The number of pyridine rings is 1. The lowest BCUT2D eigenvalue weighted by Crippen LogP contribution is -2.25. The molecule has 0 bridgehead atoms. The highest BCUT2D eigenvalue weighted by atomic mass is 16.2. The Labute approximate surface area is 152 Å². The van der Waals surface area contributed by atoms with Crippen LogP contribution in [0.2, 0.25) is 0 Å². The highest BCUT2D eigenvalue weighted by Crippen LogP contribution is 2.16. The molecule has 2 rings (SSSR count). The number of rotatable bonds is 7. The summed E-state index contributed by atoms with van der Waals surface area (Å²) in [5.41, 5.74) is 1.72. The molecule has 1 aromatic heterocycles. The third kappa shape index (κ3) is 5.70. The maximum atomic E-state index is 12.4. The Balaban J connectivity index is 2.07. The molecule has 1 aromatic carbocycles. The number of aromatic nitrogens is 1. The monoisotopic (exact) mass is 354 g/mol. The molecule has 0 aliphatic carbocycles. The summed E-state index contributed by atoms with van der Waals surface area (Å²) in [4.78, 5) is 39.6. The highest BCUT2D eigenvalue weighted by Gasteiger charge is 2.11. The molecule has 0 spiro atoms. The van der Waals surface area contributed by atoms with Crippen molar-refractivity contribution in [2.24, 2.45) is 0 Å². The summed E-state index contributed by atoms with van der Waals surface area (Å²) in [7, 11) is 0. The van der Waals surface area contributed by atoms with Crippen LogP contribution in [0.1, 0.15) is 47.4 Å². The van der Waals surface area contributed by atoms with Crippen molar-refractivity contribution >= 4 is 29.1 Å². The SMILES string of the molecule is CCCCNC(=O)c1cncc(C(=O)Nc2cccc(NC(C)=O)c2)c1. The van der Waals surface area contributed by atoms with Gasteiger partial charge in [0, 0.05) is 37.2 Å². The first-order chi connectivity index (χ1) is 12.5. The van der Waals surface area contributed by atoms with Crippen LogP contribution in [0.3, 0.4) is 0 Å². The first-order valence-corrected chi connectivity index (χ1v) is 8.42. The van der Waals surface area contributed by atoms with Gasteiger partial charge in [-0.25, -0.2) is 0 Å². The lowest BCUT2D eigenvalue weighted by molar-refractivity contribution is -0.114. The van der Waals surface area contributed by atoms with Crippen LogP contribution in [0.4, 0.5) is 11.4 Å². The van der Waals surface area contributed by atoms with E-state index in [9.17, 15) is 14.4 Å². The van der Waals surface area contributed by atoms with E-state index in [2.05, 4.69) is 20.9 Å². The van der Waals surface area contributed by atoms with Gasteiger partial charge in [0.05, 0.1) is 11.1 Å². The minimum Gasteiger partial charge on any atom is -0.352 e. The first-order valence-electron chi connectivity index (χ1n) is 8.42. The Hall–Kier alpha value is -3.22. The van der Waals surface area contributed by atoms with E-state index in [1.165, 1.54) is 25.4 Å². The predicted molar refractivity (Wildman–Crippen MR) is 100 cm³/mol. The van der Waals surface area contributed by atoms with Gasteiger partial charge in [-0.05, 0) is 30.7 Å². The van der Waals surface area contributed by atoms with E-state index in [1.54, 1.807) is 24.3 Å². The van der Waals surface area contributed by atoms with Gasteiger partial charge < -0.3 is 16.0 Å². The van der Waals surface area contributed by atoms with Crippen LogP contribution in [0.25, 0.3) is 0 Å². The second kappa shape index (κ2) is 9.31. The molecular weight excluding hydrogens is 332 g/mol. The molecule has 0 atom stereocenters. The third-order valence-electron chi connectivity index (χ3n) is 3.52. The number of benzene rings is 1. The molecule has 26 heavy (non-hydrogen) atoms. The van der Waals surface area contributed by atoms with Crippen LogP contribution in [-0.4, -0.2) is 29.3 Å². The lowest BCUT2D eigenvalue weighted by Gasteiger charge is -2.09. The molecule has 136 valence electrons. The second-order valence-electron chi connectivity index (χ2n) is 5.79. The number of hydrogen-bond donors (Lipinski definition) is 3. The zero-order valence-electron chi connectivity index (χ0n) is 14.8. The van der Waals surface area contributed by atoms with E-state index in [-0.39, 0.29) is 23.3 Å². The molecule has 7 heteroatoms. The fraction of sp³-hybridized carbons (Fsp3) is 0.263. The predicted octanol–water partition coefficient (Wildman–Crippen LogP) is 2.82. The summed E-state index contributed by atoms with van der Waals surface area (Å²) in [5, 5.41) is 8.17. The number of carbonyl (C=O) groups is 3. The standard InChI is InChI=1S/C19H22N4O3/c1-3-4-8-21-18(25)14-9-15(12-20-11-14)19(26)23-17-7-5-6-16(10-17)22-13(2)24/h5-7,9-12H,3-4,8H2,1-2H3,(H,21,25)(H,22,24)(H,23,26). The quantitative estimate of drug-likeness (QED) is 0.666. The molecular formula is C19H22N4O3. The molecule has 0 radical (unpaired) electrons. The summed E-state index contributed by atoms with van der Waals surface area (Å²) < 4.78 is 0. The number of hydrogen-bond acceptors (Lipinski definition) is 4. The van der Waals surface area contributed by atoms with E-state index in [0.717, 1.165) is 12.8 Å². The van der Waals surface area contributed by atoms with Crippen molar-refractivity contribution in [3.05, 3.63) is 53.9 Å². The van der Waals surface area contributed by atoms with Crippen molar-refractivity contribution in [3.63, 3.8) is 0 Å². The number of carbonyl (C=O) groups excluding carboxylic acids is 3. The summed E-state index contributed by atoms with van der Waals surface area (Å²) in [6.07, 6.45) is 4.70. The first kappa shape index (κ1) is 19.1. The minimum atomic E-state index is -0.388. The number of amides is 3. The van der Waals surface area contributed by atoms with Crippen LogP contribution in [-0.2, 0) is 4.79 Å². The van der Waals surface area contributed by atoms with Crippen molar-refractivity contribution < 1.29 is 14.4 Å². The molecule has 7 nitrogen and oxygen atoms in total. The molecule has 0 saturated carbocycles. The summed E-state index contributed by atoms with van der Waals surface area (Å²) >= 11 is 0. The molecule has 3 amide bonds. The van der Waals surface area contributed by atoms with Crippen LogP contribution < -0.4 is 16.0 Å². The normalized spacial score (nSPS) is 10.1. The Morgan fingerprint density at radius 2 is 1.62 bits per heavy atom. The fourth-order valence-corrected chi connectivity index (χ4v) is 2.25. The van der Waals surface area contributed by atoms with Crippen molar-refractivity contribution in [1.29, 1.82) is 0 Å². The molecule has 0 aliphatic rings. The maximum absolute atomic E-state index is 12.4. The van der Waals surface area contributed by atoms with Crippen molar-refractivity contribution in [3.8, 4) is 0 Å². The Morgan fingerprint density at radius 3 is 2.27 bits per heavy atom. The van der Waals surface area contributed by atoms with Gasteiger partial charge in [-0.15, -0.1) is 0 Å². The van der Waals surface area contributed by atoms with Crippen molar-refractivity contribution in [2.45, 2.75) is 26.7 Å². The van der Waals surface area contributed by atoms with Gasteiger partial charge in [-0.3, -0.25) is 19.4 Å². The molecule has 3 N–H and O–H groups in total. The van der Waals surface area contributed by atoms with Crippen LogP contribution in [0, 0.1) is 0 Å². The third-order valence-corrected chi connectivity index (χ3v) is 3.52. The largest absolute Gasteiger partial charge is 0.352 e. The van der Waals surface area contributed by atoms with Crippen LogP contribution in [0.15, 0.2) is 42.7 Å². The van der Waals surface area contributed by atoms with Gasteiger partial charge in [-0.2, -0.15) is 0 Å². The van der Waals surface area contributed by atoms with Gasteiger partial charge in [-0.1, -0.05) is 19.4 Å². The number of nitrogens with one attached hydrogen (secondary N) is 3. The van der Waals surface area contributed by atoms with Crippen LogP contribution >= 0.6 is 0 Å². The van der Waals surface area contributed by atoms with Crippen molar-refractivity contribution in [1.82, 2.24) is 10.3 Å². The second-order valence-corrected chi connectivity index (χ2v) is 5.79. The van der Waals surface area contributed by atoms with E-state index < -0.39 is 0 Å². The molecule has 0 unspecified atom stereocenters. The highest BCUT2D eigenvalue weighted by molar-refractivity contribution is 6.06. The average Bonchev–Trinajstić information content (AvgIpc) is 2.61. The summed E-state index contributed by atoms with van der Waals surface area (Å²) in [6, 6.07) is 8.30. The zero-order valence-corrected chi connectivity index (χ0v) is 14.8. The molecule has 2 aromatic rings. The van der Waals surface area contributed by atoms with Gasteiger partial charge in [0.15, 0.2) is 0 Å². The van der Waals surface area contributed by atoms with Gasteiger partial charge >= 0.3 is 0 Å². The molecule has 0 fully saturated rings. The van der Waals surface area contributed by atoms with E-state index >= 15 is 0 Å². The molecule has 0 aliphatic heterocycles. The lowest BCUT2D eigenvalue weighted by atomic mass is 10.1. The Kier molecular flexibility index (Phi) is 6.84. The Bertz CT molecular complexity index is 805. The van der Waals surface area contributed by atoms with Gasteiger partial charge in [0.25, 0.3) is 11.8 Å². The van der Waals surface area contributed by atoms with Gasteiger partial charge in [0.1, 0.15) is 0 Å².